The number of carbonyl (C=O) groups is 1. The molecule has 1 saturated carbocycles. The Bertz CT molecular complexity index is 491. The average molecular weight is 296 g/mol. The number of carbonyl (C=O) groups excluding carboxylic acids is 1. The van der Waals surface area contributed by atoms with Gasteiger partial charge in [0.05, 0.1) is 0 Å². The molecule has 1 aromatic rings. The van der Waals surface area contributed by atoms with Crippen LogP contribution in [0.5, 0.6) is 0 Å². The smallest absolute Gasteiger partial charge is 0.240 e. The van der Waals surface area contributed by atoms with Gasteiger partial charge >= 0.3 is 0 Å². The van der Waals surface area contributed by atoms with Crippen molar-refractivity contribution in [2.24, 2.45) is 11.7 Å². The van der Waals surface area contributed by atoms with Crippen LogP contribution in [0.25, 0.3) is 0 Å². The summed E-state index contributed by atoms with van der Waals surface area (Å²) in [7, 11) is 0. The lowest BCUT2D eigenvalue weighted by Gasteiger charge is -2.27. The summed E-state index contributed by atoms with van der Waals surface area (Å²) in [4.78, 5) is 18.1. The molecule has 1 amide bonds. The summed E-state index contributed by atoms with van der Waals surface area (Å²) in [6.45, 7) is 2.02. The van der Waals surface area contributed by atoms with Crippen LogP contribution in [0.15, 0.2) is 16.7 Å². The van der Waals surface area contributed by atoms with Crippen molar-refractivity contribution in [1.29, 1.82) is 0 Å². The van der Waals surface area contributed by atoms with E-state index in [1.54, 1.807) is 0 Å². The van der Waals surface area contributed by atoms with Crippen LogP contribution in [-0.2, 0) is 4.79 Å². The molecule has 2 fully saturated rings. The number of aromatic nitrogens is 1. The van der Waals surface area contributed by atoms with Crippen molar-refractivity contribution >= 4 is 27.7 Å². The van der Waals surface area contributed by atoms with E-state index in [-0.39, 0.29) is 11.9 Å². The summed E-state index contributed by atoms with van der Waals surface area (Å²) in [5.74, 6) is 1.29. The molecule has 2 aliphatic rings. The number of rotatable bonds is 2. The third-order valence-corrected chi connectivity index (χ3v) is 4.16. The topological polar surface area (TPSA) is 59.2 Å². The van der Waals surface area contributed by atoms with E-state index in [4.69, 9.17) is 5.73 Å². The number of halogens is 1. The molecule has 2 heterocycles. The molecule has 3 atom stereocenters. The fraction of sp³-hybridized carbons (Fsp3) is 0.500. The monoisotopic (exact) mass is 295 g/mol. The molecule has 3 rings (SSSR count). The average Bonchev–Trinajstić information content (AvgIpc) is 2.94. The molecule has 1 aliphatic heterocycles. The van der Waals surface area contributed by atoms with Crippen LogP contribution in [0, 0.1) is 12.8 Å². The lowest BCUT2D eigenvalue weighted by Crippen LogP contribution is -2.43. The van der Waals surface area contributed by atoms with Gasteiger partial charge in [-0.2, -0.15) is 0 Å². The standard InChI is InChI=1S/C12H14BrN3O/c1-6-2-3-10(13)15-12(6)16-8-4-7(8)5-9(16)11(14)17/h2-3,7-9H,4-5H2,1H3,(H2,14,17). The third kappa shape index (κ3) is 1.73. The number of anilines is 1. The van der Waals surface area contributed by atoms with E-state index in [0.29, 0.717) is 12.0 Å². The molecule has 4 nitrogen and oxygen atoms in total. The number of hydrogen-bond acceptors (Lipinski definition) is 3. The maximum atomic E-state index is 11.5. The number of nitrogens with zero attached hydrogens (tertiary/aromatic N) is 2. The van der Waals surface area contributed by atoms with Gasteiger partial charge in [-0.3, -0.25) is 4.79 Å². The van der Waals surface area contributed by atoms with Crippen molar-refractivity contribution in [2.75, 3.05) is 4.90 Å². The SMILES string of the molecule is Cc1ccc(Br)nc1N1C(C(N)=O)CC2CC21. The predicted octanol–water partition coefficient (Wildman–Crippen LogP) is 1.61. The molecule has 0 aromatic carbocycles. The van der Waals surface area contributed by atoms with E-state index < -0.39 is 0 Å². The summed E-state index contributed by atoms with van der Waals surface area (Å²) in [5.41, 5.74) is 6.57. The number of aryl methyl sites for hydroxylation is 1. The molecule has 5 heteroatoms. The van der Waals surface area contributed by atoms with E-state index >= 15 is 0 Å². The lowest BCUT2D eigenvalue weighted by atomic mass is 10.1. The Morgan fingerprint density at radius 1 is 1.53 bits per heavy atom. The second-order valence-electron chi connectivity index (χ2n) is 4.90. The Labute approximate surface area is 108 Å². The summed E-state index contributed by atoms with van der Waals surface area (Å²) >= 11 is 3.38. The van der Waals surface area contributed by atoms with Crippen molar-refractivity contribution in [3.8, 4) is 0 Å². The zero-order valence-electron chi connectivity index (χ0n) is 9.56. The van der Waals surface area contributed by atoms with E-state index in [9.17, 15) is 4.79 Å². The lowest BCUT2D eigenvalue weighted by molar-refractivity contribution is -0.119. The molecule has 1 saturated heterocycles. The summed E-state index contributed by atoms with van der Waals surface area (Å²) < 4.78 is 0.797. The van der Waals surface area contributed by atoms with Gasteiger partial charge in [0.2, 0.25) is 5.91 Å². The first kappa shape index (κ1) is 11.0. The second kappa shape index (κ2) is 3.70. The highest BCUT2D eigenvalue weighted by atomic mass is 79.9. The Balaban J connectivity index is 2.01. The molecular formula is C12H14BrN3O. The highest BCUT2D eigenvalue weighted by Gasteiger charge is 2.54. The van der Waals surface area contributed by atoms with Gasteiger partial charge in [0.15, 0.2) is 0 Å². The Kier molecular flexibility index (Phi) is 2.40. The van der Waals surface area contributed by atoms with Crippen molar-refractivity contribution in [3.63, 3.8) is 0 Å². The first-order chi connectivity index (χ1) is 8.08. The molecule has 0 bridgehead atoms. The van der Waals surface area contributed by atoms with Crippen molar-refractivity contribution < 1.29 is 4.79 Å². The van der Waals surface area contributed by atoms with Crippen LogP contribution in [0.2, 0.25) is 0 Å². The first-order valence-electron chi connectivity index (χ1n) is 5.78. The molecule has 1 aromatic heterocycles. The number of fused-ring (bicyclic) bond motifs is 1. The Hall–Kier alpha value is -1.10. The van der Waals surface area contributed by atoms with E-state index in [2.05, 4.69) is 25.8 Å². The number of amides is 1. The minimum atomic E-state index is -0.238. The van der Waals surface area contributed by atoms with Gasteiger partial charge < -0.3 is 10.6 Å². The van der Waals surface area contributed by atoms with Crippen molar-refractivity contribution in [1.82, 2.24) is 4.98 Å². The maximum Gasteiger partial charge on any atom is 0.240 e. The summed E-state index contributed by atoms with van der Waals surface area (Å²) in [6.07, 6.45) is 2.05. The number of piperidine rings is 1. The van der Waals surface area contributed by atoms with Gasteiger partial charge in [-0.05, 0) is 53.2 Å². The fourth-order valence-corrected chi connectivity index (χ4v) is 3.07. The summed E-state index contributed by atoms with van der Waals surface area (Å²) in [6, 6.07) is 4.21. The molecular weight excluding hydrogens is 282 g/mol. The van der Waals surface area contributed by atoms with Gasteiger partial charge in [-0.15, -0.1) is 0 Å². The van der Waals surface area contributed by atoms with Crippen molar-refractivity contribution in [2.45, 2.75) is 31.8 Å². The normalized spacial score (nSPS) is 30.2. The molecule has 1 aliphatic carbocycles. The van der Waals surface area contributed by atoms with Gasteiger partial charge in [0, 0.05) is 6.04 Å². The van der Waals surface area contributed by atoms with Crippen LogP contribution in [0.1, 0.15) is 18.4 Å². The third-order valence-electron chi connectivity index (χ3n) is 3.71. The van der Waals surface area contributed by atoms with Crippen LogP contribution in [-0.4, -0.2) is 23.0 Å². The zero-order chi connectivity index (χ0) is 12.2. The Morgan fingerprint density at radius 2 is 2.29 bits per heavy atom. The molecule has 2 N–H and O–H groups in total. The minimum absolute atomic E-state index is 0.181. The minimum Gasteiger partial charge on any atom is -0.368 e. The van der Waals surface area contributed by atoms with Crippen LogP contribution >= 0.6 is 15.9 Å². The molecule has 90 valence electrons. The van der Waals surface area contributed by atoms with Gasteiger partial charge in [-0.1, -0.05) is 6.07 Å². The highest BCUT2D eigenvalue weighted by Crippen LogP contribution is 2.49. The highest BCUT2D eigenvalue weighted by molar-refractivity contribution is 9.10. The summed E-state index contributed by atoms with van der Waals surface area (Å²) in [5, 5.41) is 0. The number of nitrogens with two attached hydrogens (primary N) is 1. The van der Waals surface area contributed by atoms with Gasteiger partial charge in [-0.25, -0.2) is 4.98 Å². The van der Waals surface area contributed by atoms with E-state index in [1.807, 2.05) is 19.1 Å². The molecule has 0 spiro atoms. The fourth-order valence-electron chi connectivity index (χ4n) is 2.77. The number of pyridine rings is 1. The largest absolute Gasteiger partial charge is 0.368 e. The first-order valence-corrected chi connectivity index (χ1v) is 6.58. The molecule has 0 radical (unpaired) electrons. The Morgan fingerprint density at radius 3 is 3.00 bits per heavy atom. The van der Waals surface area contributed by atoms with Crippen LogP contribution in [0.4, 0.5) is 5.82 Å². The van der Waals surface area contributed by atoms with Gasteiger partial charge in [0.25, 0.3) is 0 Å². The van der Waals surface area contributed by atoms with Crippen LogP contribution < -0.4 is 10.6 Å². The molecule has 3 unspecified atom stereocenters. The quantitative estimate of drug-likeness (QED) is 0.843. The van der Waals surface area contributed by atoms with E-state index in [1.165, 1.54) is 0 Å². The van der Waals surface area contributed by atoms with Gasteiger partial charge in [0.1, 0.15) is 16.5 Å². The second-order valence-corrected chi connectivity index (χ2v) is 5.71. The van der Waals surface area contributed by atoms with Crippen LogP contribution in [0.3, 0.4) is 0 Å². The van der Waals surface area contributed by atoms with E-state index in [0.717, 1.165) is 28.8 Å². The van der Waals surface area contributed by atoms with Crippen molar-refractivity contribution in [3.05, 3.63) is 22.3 Å². The predicted molar refractivity (Wildman–Crippen MR) is 68.6 cm³/mol. The number of primary amides is 1. The zero-order valence-corrected chi connectivity index (χ0v) is 11.1. The molecule has 17 heavy (non-hydrogen) atoms. The number of hydrogen-bond donors (Lipinski definition) is 1. The maximum absolute atomic E-state index is 11.5.